The molecule has 2 aromatic rings. The van der Waals surface area contributed by atoms with E-state index in [9.17, 15) is 19.2 Å². The molecule has 0 radical (unpaired) electrons. The molecule has 162 valence electrons. The number of Topliss-reactive ketones (excluding diaryl/α,β-unsaturated/α-hetero) is 1. The SMILES string of the molecule is O=C(COC(=O)CN1C(=O)C(=O)c2cc(Br)ccc21)NC1=NN=C(c2ccccc2)CS1. The van der Waals surface area contributed by atoms with Gasteiger partial charge in [-0.3, -0.25) is 24.1 Å². The number of benzene rings is 2. The number of rotatable bonds is 5. The maximum atomic E-state index is 12.2. The first-order chi connectivity index (χ1) is 15.4. The highest BCUT2D eigenvalue weighted by atomic mass is 79.9. The number of halogens is 1. The number of amidine groups is 1. The summed E-state index contributed by atoms with van der Waals surface area (Å²) in [6.07, 6.45) is 0. The first-order valence-corrected chi connectivity index (χ1v) is 11.1. The van der Waals surface area contributed by atoms with Crippen molar-refractivity contribution >= 4 is 67.8 Å². The van der Waals surface area contributed by atoms with Crippen LogP contribution in [0.5, 0.6) is 0 Å². The van der Waals surface area contributed by atoms with Crippen molar-refractivity contribution < 1.29 is 23.9 Å². The summed E-state index contributed by atoms with van der Waals surface area (Å²) in [6.45, 7) is -1.04. The predicted octanol–water partition coefficient (Wildman–Crippen LogP) is 2.14. The fourth-order valence-electron chi connectivity index (χ4n) is 3.04. The molecule has 0 bridgehead atoms. The lowest BCUT2D eigenvalue weighted by molar-refractivity contribution is -0.147. The molecule has 2 amide bonds. The van der Waals surface area contributed by atoms with Gasteiger partial charge in [0.1, 0.15) is 6.54 Å². The van der Waals surface area contributed by atoms with Crippen molar-refractivity contribution in [2.24, 2.45) is 10.2 Å². The Morgan fingerprint density at radius 2 is 1.91 bits per heavy atom. The van der Waals surface area contributed by atoms with Crippen molar-refractivity contribution in [1.82, 2.24) is 5.32 Å². The maximum Gasteiger partial charge on any atom is 0.326 e. The molecule has 2 heterocycles. The molecule has 0 saturated heterocycles. The lowest BCUT2D eigenvalue weighted by atomic mass is 10.1. The summed E-state index contributed by atoms with van der Waals surface area (Å²) in [5, 5.41) is 10.9. The van der Waals surface area contributed by atoms with Gasteiger partial charge in [-0.1, -0.05) is 58.0 Å². The van der Waals surface area contributed by atoms with E-state index >= 15 is 0 Å². The van der Waals surface area contributed by atoms with E-state index in [1.807, 2.05) is 30.3 Å². The van der Waals surface area contributed by atoms with Crippen LogP contribution in [0.2, 0.25) is 0 Å². The molecule has 0 atom stereocenters. The van der Waals surface area contributed by atoms with E-state index in [1.54, 1.807) is 12.1 Å². The summed E-state index contributed by atoms with van der Waals surface area (Å²) in [4.78, 5) is 49.5. The van der Waals surface area contributed by atoms with Crippen molar-refractivity contribution in [2.45, 2.75) is 0 Å². The van der Waals surface area contributed by atoms with Crippen LogP contribution < -0.4 is 10.2 Å². The Hall–Kier alpha value is -3.31. The molecule has 0 unspecified atom stereocenters. The van der Waals surface area contributed by atoms with Crippen LogP contribution in [-0.2, 0) is 19.1 Å². The van der Waals surface area contributed by atoms with Crippen LogP contribution in [0, 0.1) is 0 Å². The van der Waals surface area contributed by atoms with E-state index in [4.69, 9.17) is 4.74 Å². The Labute approximate surface area is 195 Å². The topological polar surface area (TPSA) is 118 Å². The minimum atomic E-state index is -0.820. The number of hydrogen-bond donors (Lipinski definition) is 1. The Balaban J connectivity index is 1.29. The number of thioether (sulfide) groups is 1. The molecule has 2 aliphatic heterocycles. The van der Waals surface area contributed by atoms with Crippen LogP contribution in [-0.4, -0.2) is 53.4 Å². The van der Waals surface area contributed by atoms with E-state index in [2.05, 4.69) is 31.4 Å². The van der Waals surface area contributed by atoms with Crippen molar-refractivity contribution in [2.75, 3.05) is 23.8 Å². The van der Waals surface area contributed by atoms with Gasteiger partial charge in [0.25, 0.3) is 17.6 Å². The van der Waals surface area contributed by atoms with E-state index in [-0.39, 0.29) is 5.56 Å². The number of fused-ring (bicyclic) bond motifs is 1. The van der Waals surface area contributed by atoms with Crippen LogP contribution in [0.4, 0.5) is 5.69 Å². The summed E-state index contributed by atoms with van der Waals surface area (Å²) in [6, 6.07) is 14.3. The number of carbonyl (C=O) groups excluding carboxylic acids is 4. The van der Waals surface area contributed by atoms with Crippen LogP contribution in [0.15, 0.2) is 63.2 Å². The minimum absolute atomic E-state index is 0.206. The number of nitrogens with one attached hydrogen (secondary N) is 1. The zero-order valence-corrected chi connectivity index (χ0v) is 18.8. The van der Waals surface area contributed by atoms with Gasteiger partial charge >= 0.3 is 5.97 Å². The van der Waals surface area contributed by atoms with Crippen LogP contribution >= 0.6 is 27.7 Å². The average molecular weight is 515 g/mol. The summed E-state index contributed by atoms with van der Waals surface area (Å²) in [5.41, 5.74) is 2.27. The van der Waals surface area contributed by atoms with Gasteiger partial charge in [-0.25, -0.2) is 0 Å². The summed E-state index contributed by atoms with van der Waals surface area (Å²) in [5.74, 6) is -2.39. The number of ether oxygens (including phenoxy) is 1. The molecule has 11 heteroatoms. The van der Waals surface area contributed by atoms with E-state index in [0.29, 0.717) is 21.1 Å². The number of esters is 1. The quantitative estimate of drug-likeness (QED) is 0.482. The maximum absolute atomic E-state index is 12.2. The standard InChI is InChI=1S/C21H15BrN4O5S/c22-13-6-7-16-14(8-13)19(29)20(30)26(16)9-18(28)31-10-17(27)23-21-25-24-15(11-32-21)12-4-2-1-3-5-12/h1-8H,9-11H2,(H,23,25,27). The van der Waals surface area contributed by atoms with E-state index in [0.717, 1.165) is 16.2 Å². The smallest absolute Gasteiger partial charge is 0.326 e. The Morgan fingerprint density at radius 3 is 2.62 bits per heavy atom. The van der Waals surface area contributed by atoms with Crippen molar-refractivity contribution in [1.29, 1.82) is 0 Å². The molecular formula is C21H15BrN4O5S. The molecule has 0 aromatic heterocycles. The third kappa shape index (κ3) is 4.78. The van der Waals surface area contributed by atoms with Gasteiger partial charge < -0.3 is 10.1 Å². The monoisotopic (exact) mass is 514 g/mol. The zero-order valence-electron chi connectivity index (χ0n) is 16.4. The van der Waals surface area contributed by atoms with Crippen LogP contribution in [0.3, 0.4) is 0 Å². The number of anilines is 1. The molecular weight excluding hydrogens is 500 g/mol. The van der Waals surface area contributed by atoms with Gasteiger partial charge in [0.2, 0.25) is 0 Å². The fourth-order valence-corrected chi connectivity index (χ4v) is 4.18. The molecule has 1 N–H and O–H groups in total. The zero-order chi connectivity index (χ0) is 22.7. The lowest BCUT2D eigenvalue weighted by Gasteiger charge is -2.16. The molecule has 32 heavy (non-hydrogen) atoms. The number of amides is 2. The molecule has 9 nitrogen and oxygen atoms in total. The molecule has 0 spiro atoms. The van der Waals surface area contributed by atoms with Gasteiger partial charge in [0, 0.05) is 10.2 Å². The molecule has 0 aliphatic carbocycles. The lowest BCUT2D eigenvalue weighted by Crippen LogP contribution is -2.38. The highest BCUT2D eigenvalue weighted by Crippen LogP contribution is 2.31. The van der Waals surface area contributed by atoms with Crippen molar-refractivity contribution in [3.05, 3.63) is 64.1 Å². The number of hydrogen-bond acceptors (Lipinski definition) is 8. The summed E-state index contributed by atoms with van der Waals surface area (Å²) < 4.78 is 5.60. The Kier molecular flexibility index (Phi) is 6.47. The number of nitrogens with zero attached hydrogens (tertiary/aromatic N) is 3. The second-order valence-electron chi connectivity index (χ2n) is 6.70. The van der Waals surface area contributed by atoms with Crippen molar-refractivity contribution in [3.8, 4) is 0 Å². The summed E-state index contributed by atoms with van der Waals surface area (Å²) in [7, 11) is 0. The van der Waals surface area contributed by atoms with Gasteiger partial charge in [-0.2, -0.15) is 5.10 Å². The average Bonchev–Trinajstić information content (AvgIpc) is 3.03. The van der Waals surface area contributed by atoms with Gasteiger partial charge in [0.15, 0.2) is 11.8 Å². The first kappa shape index (κ1) is 21.9. The van der Waals surface area contributed by atoms with Gasteiger partial charge in [-0.15, -0.1) is 5.10 Å². The van der Waals surface area contributed by atoms with Crippen molar-refractivity contribution in [3.63, 3.8) is 0 Å². The molecule has 0 fully saturated rings. The molecule has 4 rings (SSSR count). The number of carbonyl (C=O) groups is 4. The highest BCUT2D eigenvalue weighted by molar-refractivity contribution is 9.10. The largest absolute Gasteiger partial charge is 0.454 e. The predicted molar refractivity (Wildman–Crippen MR) is 123 cm³/mol. The van der Waals surface area contributed by atoms with Crippen LogP contribution in [0.25, 0.3) is 0 Å². The van der Waals surface area contributed by atoms with E-state index in [1.165, 1.54) is 17.8 Å². The Morgan fingerprint density at radius 1 is 1.12 bits per heavy atom. The normalized spacial score (nSPS) is 15.1. The van der Waals surface area contributed by atoms with Gasteiger partial charge in [-0.05, 0) is 23.8 Å². The minimum Gasteiger partial charge on any atom is -0.454 e. The first-order valence-electron chi connectivity index (χ1n) is 9.36. The molecule has 2 aliphatic rings. The molecule has 0 saturated carbocycles. The number of ketones is 1. The Bertz CT molecular complexity index is 1180. The second-order valence-corrected chi connectivity index (χ2v) is 8.58. The fraction of sp³-hybridized carbons (Fsp3) is 0.143. The molecule has 2 aromatic carbocycles. The highest BCUT2D eigenvalue weighted by Gasteiger charge is 2.37. The van der Waals surface area contributed by atoms with E-state index < -0.39 is 36.7 Å². The second kappa shape index (κ2) is 9.45. The third-order valence-corrected chi connectivity index (χ3v) is 5.91. The summed E-state index contributed by atoms with van der Waals surface area (Å²) >= 11 is 4.54. The van der Waals surface area contributed by atoms with Crippen LogP contribution in [0.1, 0.15) is 15.9 Å². The van der Waals surface area contributed by atoms with Gasteiger partial charge in [0.05, 0.1) is 17.0 Å². The third-order valence-electron chi connectivity index (χ3n) is 4.55.